The van der Waals surface area contributed by atoms with Gasteiger partial charge in [-0.05, 0) is 19.3 Å². The molecule has 0 fully saturated rings. The van der Waals surface area contributed by atoms with Gasteiger partial charge >= 0.3 is 0 Å². The van der Waals surface area contributed by atoms with Crippen LogP contribution in [-0.2, 0) is 0 Å². The van der Waals surface area contributed by atoms with Gasteiger partial charge < -0.3 is 0 Å². The van der Waals surface area contributed by atoms with E-state index >= 15 is 0 Å². The Morgan fingerprint density at radius 3 is 3.14 bits per heavy atom. The monoisotopic (exact) mass is 207 g/mol. The molecule has 0 radical (unpaired) electrons. The Morgan fingerprint density at radius 2 is 2.57 bits per heavy atom. The van der Waals surface area contributed by atoms with Gasteiger partial charge in [-0.1, -0.05) is 6.92 Å². The molecule has 1 unspecified atom stereocenters. The normalized spacial score (nSPS) is 13.0. The number of hydrogen-bond donors (Lipinski definition) is 1. The highest BCUT2D eigenvalue weighted by Crippen LogP contribution is 2.04. The molecule has 0 aliphatic carbocycles. The maximum atomic E-state index is 5.27. The molecule has 1 aromatic heterocycles. The van der Waals surface area contributed by atoms with Crippen LogP contribution in [0.1, 0.15) is 26.1 Å². The second-order valence-corrected chi connectivity index (χ2v) is 3.45. The number of aromatic nitrogens is 2. The third kappa shape index (κ3) is 2.64. The Morgan fingerprint density at radius 1 is 1.86 bits per heavy atom. The average Bonchev–Trinajstić information content (AvgIpc) is 2.55. The minimum atomic E-state index is 0.298. The van der Waals surface area contributed by atoms with Crippen molar-refractivity contribution in [1.29, 1.82) is 0 Å². The number of hydrogen-bond acceptors (Lipinski definition) is 3. The van der Waals surface area contributed by atoms with Crippen LogP contribution in [0.5, 0.6) is 0 Å². The van der Waals surface area contributed by atoms with Crippen LogP contribution in [-0.4, -0.2) is 21.9 Å². The first-order valence-electron chi connectivity index (χ1n) is 4.45. The van der Waals surface area contributed by atoms with Crippen LogP contribution < -0.4 is 0 Å². The van der Waals surface area contributed by atoms with Crippen LogP contribution in [0.15, 0.2) is 16.2 Å². The number of terminal acetylenes is 1. The first kappa shape index (κ1) is 10.9. The highest BCUT2D eigenvalue weighted by Gasteiger charge is 2.00. The molecule has 1 aromatic rings. The zero-order chi connectivity index (χ0) is 10.6. The summed E-state index contributed by atoms with van der Waals surface area (Å²) in [5.41, 5.74) is 0. The molecule has 0 bridgehead atoms. The van der Waals surface area contributed by atoms with E-state index in [1.165, 1.54) is 0 Å². The van der Waals surface area contributed by atoms with Crippen LogP contribution in [0.4, 0.5) is 0 Å². The average molecular weight is 207 g/mol. The molecule has 4 heteroatoms. The zero-order valence-corrected chi connectivity index (χ0v) is 9.20. The predicted octanol–water partition coefficient (Wildman–Crippen LogP) is 1.83. The van der Waals surface area contributed by atoms with Crippen molar-refractivity contribution in [2.24, 2.45) is 4.99 Å². The third-order valence-electron chi connectivity index (χ3n) is 1.89. The SMILES string of the molecule is C#Cc1nc(S)cn1/C=N\C(C)CC. The summed E-state index contributed by atoms with van der Waals surface area (Å²) in [6.07, 6.45) is 9.71. The van der Waals surface area contributed by atoms with Crippen molar-refractivity contribution in [2.75, 3.05) is 0 Å². The van der Waals surface area contributed by atoms with Gasteiger partial charge in [0.25, 0.3) is 0 Å². The molecule has 0 spiro atoms. The fraction of sp³-hybridized carbons (Fsp3) is 0.400. The minimum absolute atomic E-state index is 0.298. The van der Waals surface area contributed by atoms with E-state index < -0.39 is 0 Å². The van der Waals surface area contributed by atoms with Gasteiger partial charge in [-0.15, -0.1) is 19.1 Å². The third-order valence-corrected chi connectivity index (χ3v) is 2.10. The lowest BCUT2D eigenvalue weighted by Gasteiger charge is -2.00. The standard InChI is InChI=1S/C10H13N3S/c1-4-8(3)11-7-13-6-10(14)12-9(13)5-2/h2,6-8,14H,4H2,1,3H3/b11-7-. The van der Waals surface area contributed by atoms with Crippen molar-refractivity contribution >= 4 is 19.0 Å². The van der Waals surface area contributed by atoms with Crippen molar-refractivity contribution in [3.05, 3.63) is 12.0 Å². The topological polar surface area (TPSA) is 30.2 Å². The molecule has 1 atom stereocenters. The highest BCUT2D eigenvalue weighted by molar-refractivity contribution is 7.80. The molecule has 1 rings (SSSR count). The molecular formula is C10H13N3S. The van der Waals surface area contributed by atoms with E-state index in [0.29, 0.717) is 16.9 Å². The number of thiol groups is 1. The fourth-order valence-electron chi connectivity index (χ4n) is 0.867. The summed E-state index contributed by atoms with van der Waals surface area (Å²) in [4.78, 5) is 8.34. The first-order chi connectivity index (χ1) is 6.67. The number of imidazole rings is 1. The molecule has 0 aliphatic heterocycles. The van der Waals surface area contributed by atoms with Crippen LogP contribution in [0.2, 0.25) is 0 Å². The van der Waals surface area contributed by atoms with Gasteiger partial charge in [0.05, 0.1) is 6.34 Å². The second-order valence-electron chi connectivity index (χ2n) is 3.00. The van der Waals surface area contributed by atoms with Crippen LogP contribution in [0.25, 0.3) is 0 Å². The van der Waals surface area contributed by atoms with Crippen molar-refractivity contribution in [1.82, 2.24) is 9.55 Å². The van der Waals surface area contributed by atoms with Crippen molar-refractivity contribution in [2.45, 2.75) is 31.3 Å². The van der Waals surface area contributed by atoms with Gasteiger partial charge in [0, 0.05) is 12.2 Å². The molecule has 14 heavy (non-hydrogen) atoms. The van der Waals surface area contributed by atoms with Gasteiger partial charge in [0.2, 0.25) is 0 Å². The van der Waals surface area contributed by atoms with E-state index in [2.05, 4.69) is 35.4 Å². The Bertz CT molecular complexity index is 373. The lowest BCUT2D eigenvalue weighted by atomic mass is 10.3. The summed E-state index contributed by atoms with van der Waals surface area (Å²) >= 11 is 4.11. The van der Waals surface area contributed by atoms with Crippen LogP contribution >= 0.6 is 12.6 Å². The maximum Gasteiger partial charge on any atom is 0.191 e. The minimum Gasteiger partial charge on any atom is -0.282 e. The van der Waals surface area contributed by atoms with Gasteiger partial charge in [0.1, 0.15) is 5.03 Å². The van der Waals surface area contributed by atoms with Crippen molar-refractivity contribution in [3.63, 3.8) is 0 Å². The predicted molar refractivity (Wildman–Crippen MR) is 61.1 cm³/mol. The summed E-state index contributed by atoms with van der Waals surface area (Å²) in [6, 6.07) is 0.298. The van der Waals surface area contributed by atoms with E-state index in [4.69, 9.17) is 6.42 Å². The summed E-state index contributed by atoms with van der Waals surface area (Å²) in [5, 5.41) is 0.605. The smallest absolute Gasteiger partial charge is 0.191 e. The molecule has 0 aromatic carbocycles. The summed E-state index contributed by atoms with van der Waals surface area (Å²) in [7, 11) is 0. The second kappa shape index (κ2) is 4.87. The number of aliphatic imine (C=N–C) groups is 1. The molecule has 0 amide bonds. The number of rotatable bonds is 3. The Labute approximate surface area is 89.7 Å². The van der Waals surface area contributed by atoms with Gasteiger partial charge in [-0.3, -0.25) is 9.56 Å². The molecule has 0 aliphatic rings. The van der Waals surface area contributed by atoms with E-state index in [-0.39, 0.29) is 0 Å². The number of nitrogens with zero attached hydrogens (tertiary/aromatic N) is 3. The fourth-order valence-corrected chi connectivity index (χ4v) is 1.09. The summed E-state index contributed by atoms with van der Waals surface area (Å²) in [5.74, 6) is 3.00. The molecule has 0 N–H and O–H groups in total. The Hall–Kier alpha value is -1.21. The molecule has 0 saturated carbocycles. The van der Waals surface area contributed by atoms with Gasteiger partial charge in [-0.2, -0.15) is 0 Å². The largest absolute Gasteiger partial charge is 0.282 e. The van der Waals surface area contributed by atoms with Crippen molar-refractivity contribution < 1.29 is 0 Å². The maximum absolute atomic E-state index is 5.27. The van der Waals surface area contributed by atoms with Crippen LogP contribution in [0, 0.1) is 12.3 Å². The van der Waals surface area contributed by atoms with E-state index in [1.54, 1.807) is 17.1 Å². The van der Waals surface area contributed by atoms with Gasteiger partial charge in [0.15, 0.2) is 5.82 Å². The van der Waals surface area contributed by atoms with E-state index in [0.717, 1.165) is 6.42 Å². The lowest BCUT2D eigenvalue weighted by molar-refractivity contribution is 0.716. The molecule has 1 heterocycles. The Kier molecular flexibility index (Phi) is 3.78. The van der Waals surface area contributed by atoms with Crippen molar-refractivity contribution in [3.8, 4) is 12.3 Å². The lowest BCUT2D eigenvalue weighted by Crippen LogP contribution is -2.02. The van der Waals surface area contributed by atoms with Gasteiger partial charge in [-0.25, -0.2) is 4.98 Å². The van der Waals surface area contributed by atoms with E-state index in [1.807, 2.05) is 6.92 Å². The molecular weight excluding hydrogens is 194 g/mol. The van der Waals surface area contributed by atoms with E-state index in [9.17, 15) is 0 Å². The summed E-state index contributed by atoms with van der Waals surface area (Å²) < 4.78 is 1.70. The zero-order valence-electron chi connectivity index (χ0n) is 8.31. The molecule has 0 saturated heterocycles. The quantitative estimate of drug-likeness (QED) is 0.348. The summed E-state index contributed by atoms with van der Waals surface area (Å²) in [6.45, 7) is 4.13. The first-order valence-corrected chi connectivity index (χ1v) is 4.89. The van der Waals surface area contributed by atoms with Crippen LogP contribution in [0.3, 0.4) is 0 Å². The Balaban J connectivity index is 2.86. The highest BCUT2D eigenvalue weighted by atomic mass is 32.1. The molecule has 3 nitrogen and oxygen atoms in total. The molecule has 74 valence electrons.